The molecule has 2 aromatic carbocycles. The van der Waals surface area contributed by atoms with Crippen LogP contribution in [0.1, 0.15) is 39.0 Å². The van der Waals surface area contributed by atoms with Gasteiger partial charge in [0.25, 0.3) is 0 Å². The molecule has 1 fully saturated rings. The standard InChI is InChI=1S/C23H30ClN3O5S2/c1-3-22(27(33(2,29)30)20-10-8-9-18(24)17-20)23(28)25-19-11-13-21(14-12-19)34(31,32)26-15-6-4-5-7-16-26/h8-14,17,22H,3-7,15-16H2,1-2H3,(H,25,28). The summed E-state index contributed by atoms with van der Waals surface area (Å²) in [4.78, 5) is 13.2. The van der Waals surface area contributed by atoms with Crippen LogP contribution in [0.4, 0.5) is 11.4 Å². The Balaban J connectivity index is 1.80. The first-order valence-corrected chi connectivity index (χ1v) is 14.9. The van der Waals surface area contributed by atoms with Gasteiger partial charge in [-0.1, -0.05) is 37.4 Å². The number of carbonyl (C=O) groups is 1. The molecule has 186 valence electrons. The van der Waals surface area contributed by atoms with Gasteiger partial charge in [-0.05, 0) is 61.7 Å². The Bertz CT molecular complexity index is 1210. The predicted octanol–water partition coefficient (Wildman–Crippen LogP) is 4.09. The predicted molar refractivity (Wildman–Crippen MR) is 135 cm³/mol. The van der Waals surface area contributed by atoms with Crippen molar-refractivity contribution in [2.45, 2.75) is 50.0 Å². The van der Waals surface area contributed by atoms with E-state index in [9.17, 15) is 21.6 Å². The van der Waals surface area contributed by atoms with Crippen molar-refractivity contribution in [2.75, 3.05) is 29.0 Å². The fourth-order valence-corrected chi connectivity index (χ4v) is 6.95. The van der Waals surface area contributed by atoms with Crippen molar-refractivity contribution in [2.24, 2.45) is 0 Å². The van der Waals surface area contributed by atoms with Gasteiger partial charge in [0.1, 0.15) is 6.04 Å². The smallest absolute Gasteiger partial charge is 0.248 e. The minimum Gasteiger partial charge on any atom is -0.324 e. The average Bonchev–Trinajstić information content (AvgIpc) is 3.07. The highest BCUT2D eigenvalue weighted by Crippen LogP contribution is 2.27. The number of amides is 1. The summed E-state index contributed by atoms with van der Waals surface area (Å²) in [5.41, 5.74) is 0.661. The number of anilines is 2. The second kappa shape index (κ2) is 11.1. The highest BCUT2D eigenvalue weighted by Gasteiger charge is 2.32. The summed E-state index contributed by atoms with van der Waals surface area (Å²) >= 11 is 6.04. The van der Waals surface area contributed by atoms with Crippen molar-refractivity contribution in [3.63, 3.8) is 0 Å². The van der Waals surface area contributed by atoms with Gasteiger partial charge in [0.15, 0.2) is 0 Å². The maximum Gasteiger partial charge on any atom is 0.248 e. The van der Waals surface area contributed by atoms with E-state index in [4.69, 9.17) is 11.6 Å². The molecule has 1 N–H and O–H groups in total. The zero-order valence-electron chi connectivity index (χ0n) is 19.3. The normalized spacial score (nSPS) is 16.4. The largest absolute Gasteiger partial charge is 0.324 e. The number of hydrogen-bond donors (Lipinski definition) is 1. The lowest BCUT2D eigenvalue weighted by Gasteiger charge is -2.30. The fourth-order valence-electron chi connectivity index (χ4n) is 4.04. The molecule has 0 radical (unpaired) electrons. The first-order valence-electron chi connectivity index (χ1n) is 11.2. The van der Waals surface area contributed by atoms with Crippen molar-refractivity contribution in [1.29, 1.82) is 0 Å². The van der Waals surface area contributed by atoms with Gasteiger partial charge < -0.3 is 5.32 Å². The lowest BCUT2D eigenvalue weighted by Crippen LogP contribution is -2.47. The van der Waals surface area contributed by atoms with Crippen LogP contribution in [0.2, 0.25) is 5.02 Å². The Morgan fingerprint density at radius 3 is 2.18 bits per heavy atom. The summed E-state index contributed by atoms with van der Waals surface area (Å²) in [5, 5.41) is 3.06. The summed E-state index contributed by atoms with van der Waals surface area (Å²) in [6, 6.07) is 11.2. The molecule has 2 aromatic rings. The van der Waals surface area contributed by atoms with Gasteiger partial charge in [-0.2, -0.15) is 4.31 Å². The molecule has 0 saturated carbocycles. The van der Waals surface area contributed by atoms with E-state index in [1.165, 1.54) is 34.6 Å². The minimum absolute atomic E-state index is 0.163. The van der Waals surface area contributed by atoms with Crippen molar-refractivity contribution >= 4 is 48.9 Å². The Kier molecular flexibility index (Phi) is 8.62. The summed E-state index contributed by atoms with van der Waals surface area (Å²) in [5.74, 6) is -0.531. The lowest BCUT2D eigenvalue weighted by molar-refractivity contribution is -0.117. The number of hydrogen-bond acceptors (Lipinski definition) is 5. The van der Waals surface area contributed by atoms with E-state index in [0.717, 1.165) is 36.2 Å². The highest BCUT2D eigenvalue weighted by molar-refractivity contribution is 7.92. The van der Waals surface area contributed by atoms with E-state index >= 15 is 0 Å². The number of benzene rings is 2. The molecule has 8 nitrogen and oxygen atoms in total. The van der Waals surface area contributed by atoms with Crippen LogP contribution >= 0.6 is 11.6 Å². The molecule has 1 aliphatic heterocycles. The van der Waals surface area contributed by atoms with Gasteiger partial charge in [0.05, 0.1) is 16.8 Å². The molecular formula is C23H30ClN3O5S2. The summed E-state index contributed by atoms with van der Waals surface area (Å²) in [7, 11) is -7.40. The van der Waals surface area contributed by atoms with Gasteiger partial charge in [-0.3, -0.25) is 9.10 Å². The molecule has 1 atom stereocenters. The summed E-state index contributed by atoms with van der Waals surface area (Å²) in [6.07, 6.45) is 4.98. The van der Waals surface area contributed by atoms with Crippen LogP contribution in [-0.4, -0.2) is 52.4 Å². The molecule has 1 amide bonds. The average molecular weight is 528 g/mol. The third kappa shape index (κ3) is 6.29. The SMILES string of the molecule is CCC(C(=O)Nc1ccc(S(=O)(=O)N2CCCCCC2)cc1)N(c1cccc(Cl)c1)S(C)(=O)=O. The van der Waals surface area contributed by atoms with Crippen LogP contribution in [0.5, 0.6) is 0 Å². The van der Waals surface area contributed by atoms with E-state index in [1.54, 1.807) is 25.1 Å². The molecule has 34 heavy (non-hydrogen) atoms. The molecule has 1 heterocycles. The van der Waals surface area contributed by atoms with Gasteiger partial charge in [0, 0.05) is 23.8 Å². The molecule has 0 bridgehead atoms. The van der Waals surface area contributed by atoms with E-state index in [2.05, 4.69) is 5.32 Å². The van der Waals surface area contributed by atoms with E-state index < -0.39 is 32.0 Å². The van der Waals surface area contributed by atoms with Gasteiger partial charge >= 0.3 is 0 Å². The van der Waals surface area contributed by atoms with Crippen LogP contribution < -0.4 is 9.62 Å². The molecule has 0 spiro atoms. The Labute approximate surface area is 207 Å². The maximum absolute atomic E-state index is 13.1. The topological polar surface area (TPSA) is 104 Å². The molecule has 1 saturated heterocycles. The second-order valence-corrected chi connectivity index (χ2v) is 12.5. The molecule has 0 aliphatic carbocycles. The summed E-state index contributed by atoms with van der Waals surface area (Å²) < 4.78 is 53.6. The van der Waals surface area contributed by atoms with Crippen LogP contribution in [0.3, 0.4) is 0 Å². The van der Waals surface area contributed by atoms with Gasteiger partial charge in [0.2, 0.25) is 26.0 Å². The van der Waals surface area contributed by atoms with Gasteiger partial charge in [-0.25, -0.2) is 16.8 Å². The van der Waals surface area contributed by atoms with Crippen LogP contribution in [0.25, 0.3) is 0 Å². The van der Waals surface area contributed by atoms with Gasteiger partial charge in [-0.15, -0.1) is 0 Å². The Morgan fingerprint density at radius 2 is 1.65 bits per heavy atom. The number of carbonyl (C=O) groups excluding carboxylic acids is 1. The molecular weight excluding hydrogens is 498 g/mol. The van der Waals surface area contributed by atoms with E-state index in [1.807, 2.05) is 0 Å². The van der Waals surface area contributed by atoms with Crippen LogP contribution in [0.15, 0.2) is 53.4 Å². The fraction of sp³-hybridized carbons (Fsp3) is 0.435. The Morgan fingerprint density at radius 1 is 1.03 bits per heavy atom. The molecule has 0 aromatic heterocycles. The molecule has 1 aliphatic rings. The number of nitrogens with zero attached hydrogens (tertiary/aromatic N) is 2. The van der Waals surface area contributed by atoms with E-state index in [-0.39, 0.29) is 17.0 Å². The summed E-state index contributed by atoms with van der Waals surface area (Å²) in [6.45, 7) is 2.72. The van der Waals surface area contributed by atoms with Crippen molar-refractivity contribution in [3.8, 4) is 0 Å². The lowest BCUT2D eigenvalue weighted by atomic mass is 10.2. The Hall–Kier alpha value is -2.14. The van der Waals surface area contributed by atoms with Crippen molar-refractivity contribution in [1.82, 2.24) is 4.31 Å². The van der Waals surface area contributed by atoms with Crippen LogP contribution in [-0.2, 0) is 24.8 Å². The van der Waals surface area contributed by atoms with Crippen LogP contribution in [0, 0.1) is 0 Å². The van der Waals surface area contributed by atoms with Crippen molar-refractivity contribution < 1.29 is 21.6 Å². The molecule has 11 heteroatoms. The quantitative estimate of drug-likeness (QED) is 0.557. The third-order valence-electron chi connectivity index (χ3n) is 5.72. The molecule has 3 rings (SSSR count). The number of sulfonamides is 2. The zero-order valence-corrected chi connectivity index (χ0v) is 21.7. The number of rotatable bonds is 8. The monoisotopic (exact) mass is 527 g/mol. The number of nitrogens with one attached hydrogen (secondary N) is 1. The molecule has 1 unspecified atom stereocenters. The maximum atomic E-state index is 13.1. The highest BCUT2D eigenvalue weighted by atomic mass is 35.5. The zero-order chi connectivity index (χ0) is 24.9. The second-order valence-electron chi connectivity index (χ2n) is 8.29. The van der Waals surface area contributed by atoms with E-state index in [0.29, 0.717) is 23.8 Å². The third-order valence-corrected chi connectivity index (χ3v) is 9.04. The first kappa shape index (κ1) is 26.5. The van der Waals surface area contributed by atoms with Crippen molar-refractivity contribution in [3.05, 3.63) is 53.6 Å². The minimum atomic E-state index is -3.80. The number of halogens is 1. The first-order chi connectivity index (χ1) is 16.0.